The average Bonchev–Trinajstić information content (AvgIpc) is 2.79. The number of hydrogen-bond acceptors (Lipinski definition) is 4. The number of benzene rings is 2. The molecule has 2 aliphatic heterocycles. The van der Waals surface area contributed by atoms with E-state index in [2.05, 4.69) is 50.0 Å². The fourth-order valence-corrected chi connectivity index (χ4v) is 5.79. The van der Waals surface area contributed by atoms with Crippen molar-refractivity contribution < 1.29 is 9.59 Å². The van der Waals surface area contributed by atoms with Gasteiger partial charge in [-0.2, -0.15) is 0 Å². The molecule has 0 aromatic heterocycles. The summed E-state index contributed by atoms with van der Waals surface area (Å²) in [5.41, 5.74) is 6.34. The number of aryl methyl sites for hydroxylation is 2. The number of carbonyl (C=O) groups is 2. The summed E-state index contributed by atoms with van der Waals surface area (Å²) in [6.45, 7) is 14.2. The number of para-hydroxylation sites is 1. The molecule has 2 aromatic rings. The molecule has 1 fully saturated rings. The Bertz CT molecular complexity index is 1230. The summed E-state index contributed by atoms with van der Waals surface area (Å²) in [6.07, 6.45) is 4.61. The highest BCUT2D eigenvalue weighted by Crippen LogP contribution is 2.44. The van der Waals surface area contributed by atoms with Crippen molar-refractivity contribution in [3.63, 3.8) is 0 Å². The molecule has 0 aliphatic carbocycles. The molecule has 1 atom stereocenters. The van der Waals surface area contributed by atoms with Crippen molar-refractivity contribution in [2.45, 2.75) is 72.3 Å². The van der Waals surface area contributed by atoms with Crippen LogP contribution in [0.5, 0.6) is 0 Å². The van der Waals surface area contributed by atoms with Crippen LogP contribution in [0.15, 0.2) is 42.0 Å². The fourth-order valence-electron chi connectivity index (χ4n) is 5.51. The third-order valence-electron chi connectivity index (χ3n) is 7.24. The van der Waals surface area contributed by atoms with Crippen LogP contribution in [-0.2, 0) is 16.0 Å². The second kappa shape index (κ2) is 9.57. The SMILES string of the molecule is CCCN1c2cc(C)c(/C=C3/C(=O)NC(=S)N(c4ccccc4CC)C3=O)cc2C(C)CC1(C)C. The number of anilines is 2. The predicted molar refractivity (Wildman–Crippen MR) is 148 cm³/mol. The van der Waals surface area contributed by atoms with Gasteiger partial charge in [-0.05, 0) is 105 Å². The number of nitrogens with zero attached hydrogens (tertiary/aromatic N) is 2. The average molecular weight is 490 g/mol. The summed E-state index contributed by atoms with van der Waals surface area (Å²) in [5, 5.41) is 2.84. The summed E-state index contributed by atoms with van der Waals surface area (Å²) in [6, 6.07) is 12.0. The Morgan fingerprint density at radius 1 is 1.14 bits per heavy atom. The van der Waals surface area contributed by atoms with Crippen molar-refractivity contribution in [1.29, 1.82) is 0 Å². The molecule has 5 nitrogen and oxygen atoms in total. The maximum absolute atomic E-state index is 13.6. The topological polar surface area (TPSA) is 52.7 Å². The summed E-state index contributed by atoms with van der Waals surface area (Å²) >= 11 is 5.41. The first kappa shape index (κ1) is 25.1. The Morgan fingerprint density at radius 2 is 1.86 bits per heavy atom. The number of fused-ring (bicyclic) bond motifs is 1. The van der Waals surface area contributed by atoms with Crippen LogP contribution in [0.1, 0.15) is 75.6 Å². The van der Waals surface area contributed by atoms with E-state index in [0.29, 0.717) is 11.6 Å². The van der Waals surface area contributed by atoms with Gasteiger partial charge in [-0.15, -0.1) is 0 Å². The lowest BCUT2D eigenvalue weighted by Crippen LogP contribution is -2.54. The molecule has 6 heteroatoms. The smallest absolute Gasteiger partial charge is 0.270 e. The van der Waals surface area contributed by atoms with Crippen molar-refractivity contribution in [1.82, 2.24) is 5.32 Å². The lowest BCUT2D eigenvalue weighted by atomic mass is 9.78. The van der Waals surface area contributed by atoms with E-state index in [-0.39, 0.29) is 16.2 Å². The molecular weight excluding hydrogens is 454 g/mol. The highest BCUT2D eigenvalue weighted by atomic mass is 32.1. The third kappa shape index (κ3) is 4.52. The van der Waals surface area contributed by atoms with E-state index in [4.69, 9.17) is 12.2 Å². The van der Waals surface area contributed by atoms with Crippen LogP contribution in [0.4, 0.5) is 11.4 Å². The Morgan fingerprint density at radius 3 is 2.54 bits per heavy atom. The van der Waals surface area contributed by atoms with Gasteiger partial charge in [0, 0.05) is 17.8 Å². The van der Waals surface area contributed by atoms with E-state index in [1.165, 1.54) is 16.2 Å². The van der Waals surface area contributed by atoms with Gasteiger partial charge in [-0.3, -0.25) is 19.8 Å². The van der Waals surface area contributed by atoms with Gasteiger partial charge >= 0.3 is 0 Å². The molecule has 1 saturated heterocycles. The Balaban J connectivity index is 1.79. The standard InChI is InChI=1S/C29H35N3O2S/c1-7-13-31-25-14-18(3)21(15-22(25)19(4)17-29(31,5)6)16-23-26(33)30-28(35)32(27(23)34)24-12-10-9-11-20(24)8-2/h9-12,14-16,19H,7-8,13,17H2,1-6H3,(H,30,33,35)/b23-16-. The van der Waals surface area contributed by atoms with E-state index in [9.17, 15) is 9.59 Å². The minimum absolute atomic E-state index is 0.0803. The summed E-state index contributed by atoms with van der Waals surface area (Å²) < 4.78 is 0. The molecule has 2 amide bonds. The summed E-state index contributed by atoms with van der Waals surface area (Å²) in [4.78, 5) is 30.5. The van der Waals surface area contributed by atoms with Crippen LogP contribution >= 0.6 is 12.2 Å². The second-order valence-corrected chi connectivity index (χ2v) is 10.7. The molecule has 184 valence electrons. The van der Waals surface area contributed by atoms with Crippen molar-refractivity contribution in [3.8, 4) is 0 Å². The number of carbonyl (C=O) groups excluding carboxylic acids is 2. The van der Waals surface area contributed by atoms with E-state index >= 15 is 0 Å². The van der Waals surface area contributed by atoms with Gasteiger partial charge in [0.2, 0.25) is 0 Å². The van der Waals surface area contributed by atoms with Gasteiger partial charge < -0.3 is 4.90 Å². The normalized spacial score (nSPS) is 20.8. The minimum atomic E-state index is -0.454. The number of amides is 2. The van der Waals surface area contributed by atoms with Gasteiger partial charge in [0.15, 0.2) is 5.11 Å². The first-order valence-corrected chi connectivity index (χ1v) is 12.9. The predicted octanol–water partition coefficient (Wildman–Crippen LogP) is 5.89. The van der Waals surface area contributed by atoms with Crippen molar-refractivity contribution >= 4 is 46.6 Å². The summed E-state index contributed by atoms with van der Waals surface area (Å²) in [5.74, 6) is -0.468. The first-order chi connectivity index (χ1) is 16.6. The summed E-state index contributed by atoms with van der Waals surface area (Å²) in [7, 11) is 0. The van der Waals surface area contributed by atoms with Crippen LogP contribution in [0, 0.1) is 6.92 Å². The van der Waals surface area contributed by atoms with Crippen LogP contribution in [-0.4, -0.2) is 29.0 Å². The fraction of sp³-hybridized carbons (Fsp3) is 0.414. The van der Waals surface area contributed by atoms with Gasteiger partial charge in [0.25, 0.3) is 11.8 Å². The monoisotopic (exact) mass is 489 g/mol. The van der Waals surface area contributed by atoms with Crippen LogP contribution in [0.2, 0.25) is 0 Å². The highest BCUT2D eigenvalue weighted by molar-refractivity contribution is 7.80. The lowest BCUT2D eigenvalue weighted by molar-refractivity contribution is -0.122. The third-order valence-corrected chi connectivity index (χ3v) is 7.52. The zero-order chi connectivity index (χ0) is 25.5. The lowest BCUT2D eigenvalue weighted by Gasteiger charge is -2.48. The molecule has 2 aromatic carbocycles. The molecule has 0 bridgehead atoms. The molecule has 4 rings (SSSR count). The molecule has 35 heavy (non-hydrogen) atoms. The van der Waals surface area contributed by atoms with Crippen molar-refractivity contribution in [3.05, 3.63) is 64.2 Å². The van der Waals surface area contributed by atoms with Crippen LogP contribution < -0.4 is 15.1 Å². The zero-order valence-electron chi connectivity index (χ0n) is 21.6. The number of nitrogens with one attached hydrogen (secondary N) is 1. The molecule has 2 heterocycles. The van der Waals surface area contributed by atoms with E-state index in [0.717, 1.165) is 42.5 Å². The maximum Gasteiger partial charge on any atom is 0.270 e. The molecule has 0 radical (unpaired) electrons. The molecule has 1 unspecified atom stereocenters. The zero-order valence-corrected chi connectivity index (χ0v) is 22.4. The molecule has 0 saturated carbocycles. The van der Waals surface area contributed by atoms with Gasteiger partial charge in [0.1, 0.15) is 5.57 Å². The molecule has 0 spiro atoms. The van der Waals surface area contributed by atoms with Gasteiger partial charge in [-0.1, -0.05) is 39.0 Å². The van der Waals surface area contributed by atoms with Crippen molar-refractivity contribution in [2.24, 2.45) is 0 Å². The number of hydrogen-bond donors (Lipinski definition) is 1. The van der Waals surface area contributed by atoms with Crippen LogP contribution in [0.3, 0.4) is 0 Å². The Kier molecular flexibility index (Phi) is 6.87. The second-order valence-electron chi connectivity index (χ2n) is 10.3. The van der Waals surface area contributed by atoms with E-state index in [1.54, 1.807) is 6.08 Å². The van der Waals surface area contributed by atoms with Crippen LogP contribution in [0.25, 0.3) is 6.08 Å². The number of thiocarbonyl (C=S) groups is 1. The quantitative estimate of drug-likeness (QED) is 0.323. The van der Waals surface area contributed by atoms with E-state index in [1.807, 2.05) is 38.1 Å². The van der Waals surface area contributed by atoms with Gasteiger partial charge in [-0.25, -0.2) is 0 Å². The Labute approximate surface area is 214 Å². The van der Waals surface area contributed by atoms with E-state index < -0.39 is 11.8 Å². The molecular formula is C29H35N3O2S. The molecule has 1 N–H and O–H groups in total. The van der Waals surface area contributed by atoms with Crippen molar-refractivity contribution in [2.75, 3.05) is 16.3 Å². The largest absolute Gasteiger partial charge is 0.366 e. The first-order valence-electron chi connectivity index (χ1n) is 12.5. The Hall–Kier alpha value is -2.99. The number of rotatable bonds is 5. The maximum atomic E-state index is 13.6. The van der Waals surface area contributed by atoms with Gasteiger partial charge in [0.05, 0.1) is 5.69 Å². The highest BCUT2D eigenvalue weighted by Gasteiger charge is 2.37. The minimum Gasteiger partial charge on any atom is -0.366 e. The molecule has 2 aliphatic rings.